The van der Waals surface area contributed by atoms with Crippen LogP contribution in [0.1, 0.15) is 253 Å². The van der Waals surface area contributed by atoms with Crippen molar-refractivity contribution in [3.63, 3.8) is 0 Å². The average Bonchev–Trinajstić information content (AvgIpc) is 1.45. The van der Waals surface area contributed by atoms with E-state index in [0.29, 0.717) is 12.6 Å². The number of hydrogen-bond donors (Lipinski definition) is 12. The van der Waals surface area contributed by atoms with Gasteiger partial charge in [0.1, 0.15) is 5.60 Å². The number of fused-ring (bicyclic) bond motifs is 6. The Morgan fingerprint density at radius 2 is 1.03 bits per heavy atom. The molecular weight excluding hydrogens is 1810 g/mol. The van der Waals surface area contributed by atoms with Crippen LogP contribution in [0.15, 0.2) is 125 Å². The van der Waals surface area contributed by atoms with Crippen LogP contribution in [0.2, 0.25) is 0 Å². The Bertz CT molecular complexity index is 4260. The van der Waals surface area contributed by atoms with E-state index in [0.717, 1.165) is 163 Å². The van der Waals surface area contributed by atoms with E-state index in [1.54, 1.807) is 113 Å². The third kappa shape index (κ3) is 44.7. The summed E-state index contributed by atoms with van der Waals surface area (Å²) in [6.45, 7) is 45.1. The molecule has 12 fully saturated rings. The standard InChI is InChI=1S/C13H22.C12H11N.C12H12.C11H16N2.C10H20N2.C9H18N2O2.C8H17NO.C7H14N2O2.C7H9NS.C7H15N.C6H12N2O2.C5H9N.C4H8N2.C4H5NO2/c1-3-7-12-10(5-1)9-11-6-2-4-8-13(11)12;1-3-9-4-2-6-11-8-13-7-10(5-1)12(9)11;1-2-6-11-9(4-1)8-10-5-3-7-12(10)11;1-2-4-11(5-3-1)10-13-8-6-12-7-9-13;1-2-4-10(5-3-1)12-8-6-11-7-9-12;1-9(2,3)13-8(12)11-6-4-10-5-7-11;1-8(2,10-3)7-5-4-6-9-7;1-2-11-7(10)9-5-3-8-4-6-9;1-3-8-5-6-2-4-9-7(1)6;1-2-4-6-8-7-5-3-1;1-10-6(9)8-4-2-7-3-5-8;1-2-4-6-5-3-1;1-2-5-4-6-3-1;6-3-1-4(7)5-2-3/h10-13H,1-9H2;1-6,13H,7-8H2;1-2,4,6H,3,5,7-8H2;1-5,12H,6-10H2;10-11H,1-9H2;10H,4-7H2,1-3H3;7,9H,4-6H2,1-3H3;8H,2-6H2,1H3;2,4,8H,1,3,5H2;8H,1-7H2;7H,2-5H2,1H3;1-2,6H,3-5H2;4H,1-3H2,(H,5,6);1-2H2,(H,5,7). The van der Waals surface area contributed by atoms with Gasteiger partial charge in [-0.15, -0.1) is 11.3 Å². The summed E-state index contributed by atoms with van der Waals surface area (Å²) >= 11 is 1.89. The first-order chi connectivity index (χ1) is 69.9. The number of nitrogens with one attached hydrogen (secondary N) is 12. The predicted octanol–water partition coefficient (Wildman–Crippen LogP) is 16.2. The van der Waals surface area contributed by atoms with Crippen molar-refractivity contribution < 1.29 is 42.9 Å². The van der Waals surface area contributed by atoms with Gasteiger partial charge in [-0.1, -0.05) is 186 Å². The molecule has 23 rings (SSSR count). The van der Waals surface area contributed by atoms with Crippen LogP contribution in [-0.4, -0.2) is 295 Å². The molecule has 13 heterocycles. The number of allylic oxidation sites excluding steroid dienone is 2. The maximum absolute atomic E-state index is 11.5. The molecule has 798 valence electrons. The second-order valence-electron chi connectivity index (χ2n) is 42.0. The number of thiophene rings is 1. The molecule has 27 nitrogen and oxygen atoms in total. The molecule has 0 spiro atoms. The number of rotatable bonds is 6. The molecule has 0 bridgehead atoms. The van der Waals surface area contributed by atoms with Gasteiger partial charge in [0.05, 0.1) is 38.6 Å². The van der Waals surface area contributed by atoms with E-state index in [4.69, 9.17) is 14.2 Å². The summed E-state index contributed by atoms with van der Waals surface area (Å²) in [4.78, 5) is 69.5. The smallest absolute Gasteiger partial charge is 0.410 e. The molecule has 4 amide bonds. The van der Waals surface area contributed by atoms with Crippen LogP contribution >= 0.6 is 11.3 Å². The largest absolute Gasteiger partial charge is 0.453 e. The van der Waals surface area contributed by atoms with Crippen molar-refractivity contribution in [3.8, 4) is 0 Å². The van der Waals surface area contributed by atoms with E-state index >= 15 is 0 Å². The number of nitrogens with zero attached hydrogens (tertiary/aromatic N) is 6. The molecule has 5 atom stereocenters. The van der Waals surface area contributed by atoms with Crippen LogP contribution in [-0.2, 0) is 67.6 Å². The highest BCUT2D eigenvalue weighted by atomic mass is 32.1. The molecule has 12 N–H and O–H groups in total. The molecule has 1 aromatic heterocycles. The number of piperazine rings is 5. The van der Waals surface area contributed by atoms with Crippen molar-refractivity contribution in [2.45, 2.75) is 277 Å². The molecule has 4 aromatic carbocycles. The van der Waals surface area contributed by atoms with Crippen LogP contribution in [0.4, 0.5) is 14.4 Å². The first-order valence-electron chi connectivity index (χ1n) is 55.7. The van der Waals surface area contributed by atoms with E-state index < -0.39 is 0 Å². The lowest BCUT2D eigenvalue weighted by molar-refractivity contribution is -0.122. The number of carbonyl (C=O) groups excluding carboxylic acids is 5. The normalized spacial score (nSPS) is 23.1. The van der Waals surface area contributed by atoms with E-state index in [1.807, 2.05) is 39.0 Å². The third-order valence-corrected chi connectivity index (χ3v) is 30.9. The number of carbonyl (C=O) groups is 5. The Labute approximate surface area is 865 Å². The summed E-state index contributed by atoms with van der Waals surface area (Å²) < 4.78 is 20.0. The van der Waals surface area contributed by atoms with Gasteiger partial charge in [0.2, 0.25) is 5.91 Å². The summed E-state index contributed by atoms with van der Waals surface area (Å²) in [7, 11) is 3.18. The Morgan fingerprint density at radius 1 is 0.469 bits per heavy atom. The Morgan fingerprint density at radius 3 is 1.55 bits per heavy atom. The van der Waals surface area contributed by atoms with Crippen LogP contribution in [0.25, 0.3) is 16.3 Å². The fraction of sp³-hybridized carbons (Fsp3) is 0.687. The minimum Gasteiger partial charge on any atom is -0.453 e. The highest BCUT2D eigenvalue weighted by molar-refractivity contribution is 7.10. The van der Waals surface area contributed by atoms with Crippen molar-refractivity contribution >= 4 is 64.0 Å². The van der Waals surface area contributed by atoms with Crippen LogP contribution < -0.4 is 63.8 Å². The maximum Gasteiger partial charge on any atom is 0.410 e. The zero-order chi connectivity index (χ0) is 101. The second-order valence-corrected chi connectivity index (χ2v) is 43.0. The number of ether oxygens (including phenoxy) is 4. The highest BCUT2D eigenvalue weighted by Crippen LogP contribution is 2.54. The summed E-state index contributed by atoms with van der Waals surface area (Å²) in [5.41, 5.74) is 11.9. The first kappa shape index (κ1) is 117. The summed E-state index contributed by atoms with van der Waals surface area (Å²) in [6.07, 6.45) is 45.7. The molecule has 5 unspecified atom stereocenters. The number of ketones is 1. The topological polar surface area (TPSA) is 295 Å². The van der Waals surface area contributed by atoms with Crippen molar-refractivity contribution in [1.82, 2.24) is 88.3 Å². The number of hydrogen-bond acceptors (Lipinski definition) is 24. The van der Waals surface area contributed by atoms with E-state index in [1.165, 1.54) is 238 Å². The van der Waals surface area contributed by atoms with Gasteiger partial charge in [-0.05, 0) is 255 Å². The van der Waals surface area contributed by atoms with E-state index in [2.05, 4.69) is 212 Å². The van der Waals surface area contributed by atoms with Crippen LogP contribution in [0, 0.1) is 23.7 Å². The number of Topliss-reactive ketones (excluding diaryl/α,β-unsaturated/α-hetero) is 1. The molecule has 18 aliphatic rings. The van der Waals surface area contributed by atoms with E-state index in [-0.39, 0.29) is 54.1 Å². The minimum absolute atomic E-state index is 0.00926. The summed E-state index contributed by atoms with van der Waals surface area (Å²) in [5.74, 6) is 4.54. The molecule has 6 aliphatic carbocycles. The Hall–Kier alpha value is -7.78. The average molecular weight is 2000 g/mol. The maximum atomic E-state index is 11.5. The zero-order valence-corrected chi connectivity index (χ0v) is 90.1. The monoisotopic (exact) mass is 2000 g/mol. The number of amides is 4. The van der Waals surface area contributed by atoms with Crippen molar-refractivity contribution in [2.24, 2.45) is 28.7 Å². The van der Waals surface area contributed by atoms with Crippen molar-refractivity contribution in [2.75, 3.05) is 211 Å². The molecule has 0 radical (unpaired) electrons. The minimum atomic E-state index is -0.387. The Kier molecular flexibility index (Phi) is 56.3. The SMILES string of the molecule is C1=CCNCC1.C1=NCCCN1.C1CCC(N2CCNCC2)CC1.C1CCC2C(C1)CC1CCCCC12.C1CCCNCCC1.CC(C)(C)OC(=O)N1CCNCC1.CCOC(=O)N1CCNCC1.COC(=O)N1CCNCC1.COC(C)(C)C1CCCN1.O=C1CNC(=O)C1.c1cc2c(s1)CCNC2.c1cc2c3c(cccc3c1)CNC2.c1ccc(CN2CCNCC2)cc1.c1ccc2c(c1)CC1=C2CCC1. The fourth-order valence-electron chi connectivity index (χ4n) is 21.9. The third-order valence-electron chi connectivity index (χ3n) is 29.9. The lowest BCUT2D eigenvalue weighted by Crippen LogP contribution is -2.48. The first-order valence-corrected chi connectivity index (χ1v) is 56.6. The molecular formula is C115H188N18O9S. The van der Waals surface area contributed by atoms with Gasteiger partial charge in [0.15, 0.2) is 5.78 Å². The lowest BCUT2D eigenvalue weighted by Gasteiger charge is -2.36. The zero-order valence-electron chi connectivity index (χ0n) is 89.3. The van der Waals surface area contributed by atoms with Gasteiger partial charge in [-0.2, -0.15) is 0 Å². The highest BCUT2D eigenvalue weighted by Gasteiger charge is 2.44. The summed E-state index contributed by atoms with van der Waals surface area (Å²) in [6, 6.07) is 36.3. The Balaban J connectivity index is 0.000000159. The number of aliphatic imine (C=N–C) groups is 1. The quantitative estimate of drug-likeness (QED) is 0.0427. The predicted molar refractivity (Wildman–Crippen MR) is 589 cm³/mol. The van der Waals surface area contributed by atoms with Crippen LogP contribution in [0.5, 0.6) is 0 Å². The van der Waals surface area contributed by atoms with Crippen molar-refractivity contribution in [1.29, 1.82) is 0 Å². The van der Waals surface area contributed by atoms with Crippen molar-refractivity contribution in [3.05, 3.63) is 158 Å². The van der Waals surface area contributed by atoms with E-state index in [9.17, 15) is 24.0 Å². The van der Waals surface area contributed by atoms with Gasteiger partial charge in [-0.25, -0.2) is 14.4 Å². The lowest BCUT2D eigenvalue weighted by atomic mass is 9.73. The fourth-order valence-corrected chi connectivity index (χ4v) is 22.8. The van der Waals surface area contributed by atoms with Gasteiger partial charge >= 0.3 is 18.3 Å². The molecule has 4 saturated carbocycles. The molecule has 12 aliphatic heterocycles. The molecule has 5 aromatic rings. The molecule has 8 saturated heterocycles. The summed E-state index contributed by atoms with van der Waals surface area (Å²) in [5, 5.41) is 43.4. The number of benzene rings is 4. The van der Waals surface area contributed by atoms with Gasteiger partial charge in [0.25, 0.3) is 0 Å². The van der Waals surface area contributed by atoms with Gasteiger partial charge in [0, 0.05) is 207 Å². The van der Waals surface area contributed by atoms with Crippen LogP contribution in [0.3, 0.4) is 0 Å². The molecule has 143 heavy (non-hydrogen) atoms. The van der Waals surface area contributed by atoms with Gasteiger partial charge < -0.3 is 97.4 Å². The number of methoxy groups -OCH3 is 2. The van der Waals surface area contributed by atoms with Gasteiger partial charge in [-0.3, -0.25) is 24.4 Å². The second kappa shape index (κ2) is 68.7. The molecule has 28 heteroatoms.